The van der Waals surface area contributed by atoms with Crippen LogP contribution in [0.3, 0.4) is 0 Å². The number of aryl methyl sites for hydroxylation is 1. The van der Waals surface area contributed by atoms with Gasteiger partial charge in [0.25, 0.3) is 0 Å². The molecule has 9 heteroatoms. The van der Waals surface area contributed by atoms with Crippen molar-refractivity contribution in [1.82, 2.24) is 14.5 Å². The Morgan fingerprint density at radius 3 is 2.52 bits per heavy atom. The van der Waals surface area contributed by atoms with Gasteiger partial charge in [-0.05, 0) is 71.0 Å². The number of nitrogens with zero attached hydrogens (tertiary/aromatic N) is 2. The fourth-order valence-corrected chi connectivity index (χ4v) is 5.81. The Hall–Kier alpha value is -1.97. The van der Waals surface area contributed by atoms with Crippen molar-refractivity contribution in [3.8, 4) is 0 Å². The molecule has 2 fully saturated rings. The van der Waals surface area contributed by atoms with E-state index in [-0.39, 0.29) is 34.6 Å². The van der Waals surface area contributed by atoms with Gasteiger partial charge in [0.1, 0.15) is 0 Å². The number of carbonyl (C=O) groups is 2. The lowest BCUT2D eigenvalue weighted by Gasteiger charge is -2.39. The molecule has 0 spiro atoms. The molecule has 2 aliphatic rings. The monoisotopic (exact) mass is 479 g/mol. The third-order valence-corrected chi connectivity index (χ3v) is 8.14. The van der Waals surface area contributed by atoms with Gasteiger partial charge in [0, 0.05) is 26.2 Å². The smallest absolute Gasteiger partial charge is 0.310 e. The van der Waals surface area contributed by atoms with E-state index in [0.717, 1.165) is 37.8 Å². The fourth-order valence-electron chi connectivity index (χ4n) is 4.69. The number of amides is 1. The van der Waals surface area contributed by atoms with E-state index >= 15 is 0 Å². The molecule has 0 saturated carbocycles. The van der Waals surface area contributed by atoms with Crippen LogP contribution in [0.2, 0.25) is 0 Å². The molecule has 0 aromatic heterocycles. The fraction of sp³-hybridized carbons (Fsp3) is 0.667. The number of ether oxygens (including phenoxy) is 1. The summed E-state index contributed by atoms with van der Waals surface area (Å²) in [5.41, 5.74) is 1.01. The number of sulfonamides is 1. The number of hydrogen-bond acceptors (Lipinski definition) is 6. The Morgan fingerprint density at radius 2 is 1.82 bits per heavy atom. The highest BCUT2D eigenvalue weighted by atomic mass is 32.2. The van der Waals surface area contributed by atoms with Crippen LogP contribution in [-0.2, 0) is 24.3 Å². The standard InChI is InChI=1S/C24H37N3O5S/c1-4-32-24(29)21-8-6-14-27(17-21)23(28)19(3)26-13-5-7-20(16-26)15-25-33(30,31)22-11-9-18(2)10-12-22/h9-12,19-21,25H,4-8,13-17H2,1-3H3. The molecular formula is C24H37N3O5S. The van der Waals surface area contributed by atoms with E-state index in [1.807, 2.05) is 13.8 Å². The molecule has 1 amide bonds. The third kappa shape index (κ3) is 6.77. The van der Waals surface area contributed by atoms with Crippen molar-refractivity contribution in [3.63, 3.8) is 0 Å². The van der Waals surface area contributed by atoms with Crippen molar-refractivity contribution < 1.29 is 22.7 Å². The van der Waals surface area contributed by atoms with E-state index in [0.29, 0.717) is 32.8 Å². The molecule has 33 heavy (non-hydrogen) atoms. The lowest BCUT2D eigenvalue weighted by Crippen LogP contribution is -2.53. The zero-order chi connectivity index (χ0) is 24.0. The highest BCUT2D eigenvalue weighted by Crippen LogP contribution is 2.23. The predicted molar refractivity (Wildman–Crippen MR) is 126 cm³/mol. The highest BCUT2D eigenvalue weighted by molar-refractivity contribution is 7.89. The highest BCUT2D eigenvalue weighted by Gasteiger charge is 2.34. The van der Waals surface area contributed by atoms with Crippen molar-refractivity contribution in [2.24, 2.45) is 11.8 Å². The van der Waals surface area contributed by atoms with Gasteiger partial charge in [-0.15, -0.1) is 0 Å². The first-order valence-corrected chi connectivity index (χ1v) is 13.5. The minimum Gasteiger partial charge on any atom is -0.466 e. The molecule has 0 bridgehead atoms. The van der Waals surface area contributed by atoms with Crippen LogP contribution in [0.15, 0.2) is 29.2 Å². The van der Waals surface area contributed by atoms with Crippen LogP contribution in [-0.4, -0.2) is 75.5 Å². The van der Waals surface area contributed by atoms with Gasteiger partial charge >= 0.3 is 5.97 Å². The van der Waals surface area contributed by atoms with Crippen LogP contribution >= 0.6 is 0 Å². The van der Waals surface area contributed by atoms with Gasteiger partial charge in [-0.25, -0.2) is 13.1 Å². The van der Waals surface area contributed by atoms with Gasteiger partial charge in [0.15, 0.2) is 0 Å². The molecular weight excluding hydrogens is 442 g/mol. The molecule has 3 rings (SSSR count). The molecule has 2 heterocycles. The van der Waals surface area contributed by atoms with Crippen molar-refractivity contribution in [1.29, 1.82) is 0 Å². The molecule has 3 atom stereocenters. The Balaban J connectivity index is 1.54. The van der Waals surface area contributed by atoms with Gasteiger partial charge in [-0.2, -0.15) is 0 Å². The van der Waals surface area contributed by atoms with E-state index in [1.165, 1.54) is 0 Å². The molecule has 1 N–H and O–H groups in total. The summed E-state index contributed by atoms with van der Waals surface area (Å²) in [6.45, 7) is 8.87. The quantitative estimate of drug-likeness (QED) is 0.574. The normalized spacial score (nSPS) is 23.2. The Labute approximate surface area is 197 Å². The average molecular weight is 480 g/mol. The summed E-state index contributed by atoms with van der Waals surface area (Å²) in [4.78, 5) is 29.5. The molecule has 184 valence electrons. The second-order valence-electron chi connectivity index (χ2n) is 9.22. The van der Waals surface area contributed by atoms with Gasteiger partial charge in [-0.1, -0.05) is 17.7 Å². The lowest BCUT2D eigenvalue weighted by molar-refractivity contribution is -0.152. The van der Waals surface area contributed by atoms with Gasteiger partial charge in [0.05, 0.1) is 23.5 Å². The van der Waals surface area contributed by atoms with Crippen molar-refractivity contribution in [2.75, 3.05) is 39.3 Å². The molecule has 8 nitrogen and oxygen atoms in total. The average Bonchev–Trinajstić information content (AvgIpc) is 2.82. The van der Waals surface area contributed by atoms with Crippen LogP contribution in [0.25, 0.3) is 0 Å². The summed E-state index contributed by atoms with van der Waals surface area (Å²) >= 11 is 0. The van der Waals surface area contributed by atoms with E-state index in [2.05, 4.69) is 9.62 Å². The van der Waals surface area contributed by atoms with Crippen molar-refractivity contribution >= 4 is 21.9 Å². The van der Waals surface area contributed by atoms with Gasteiger partial charge in [-0.3, -0.25) is 14.5 Å². The zero-order valence-electron chi connectivity index (χ0n) is 20.0. The second kappa shape index (κ2) is 11.4. The summed E-state index contributed by atoms with van der Waals surface area (Å²) in [5, 5.41) is 0. The number of hydrogen-bond donors (Lipinski definition) is 1. The topological polar surface area (TPSA) is 96.0 Å². The maximum Gasteiger partial charge on any atom is 0.310 e. The van der Waals surface area contributed by atoms with Crippen LogP contribution in [0.4, 0.5) is 0 Å². The third-order valence-electron chi connectivity index (χ3n) is 6.70. The number of benzene rings is 1. The van der Waals surface area contributed by atoms with Gasteiger partial charge < -0.3 is 9.64 Å². The van der Waals surface area contributed by atoms with Crippen molar-refractivity contribution in [3.05, 3.63) is 29.8 Å². The maximum absolute atomic E-state index is 13.2. The van der Waals surface area contributed by atoms with E-state index in [1.54, 1.807) is 36.1 Å². The molecule has 2 aliphatic heterocycles. The first-order valence-electron chi connectivity index (χ1n) is 12.0. The lowest BCUT2D eigenvalue weighted by atomic mass is 9.95. The summed E-state index contributed by atoms with van der Waals surface area (Å²) in [5.74, 6) is -0.297. The molecule has 0 aliphatic carbocycles. The molecule has 1 aromatic rings. The van der Waals surface area contributed by atoms with E-state index in [4.69, 9.17) is 4.74 Å². The zero-order valence-corrected chi connectivity index (χ0v) is 20.8. The first-order chi connectivity index (χ1) is 15.7. The van der Waals surface area contributed by atoms with E-state index in [9.17, 15) is 18.0 Å². The molecule has 2 saturated heterocycles. The Morgan fingerprint density at radius 1 is 1.12 bits per heavy atom. The summed E-state index contributed by atoms with van der Waals surface area (Å²) in [7, 11) is -3.55. The maximum atomic E-state index is 13.2. The van der Waals surface area contributed by atoms with E-state index < -0.39 is 10.0 Å². The SMILES string of the molecule is CCOC(=O)C1CCCN(C(=O)C(C)N2CCCC(CNS(=O)(=O)c3ccc(C)cc3)C2)C1. The summed E-state index contributed by atoms with van der Waals surface area (Å²) in [6.07, 6.45) is 3.39. The Bertz CT molecular complexity index is 919. The number of carbonyl (C=O) groups excluding carboxylic acids is 2. The molecule has 0 radical (unpaired) electrons. The van der Waals surface area contributed by atoms with Crippen LogP contribution in [0.5, 0.6) is 0 Å². The second-order valence-corrected chi connectivity index (χ2v) is 11.0. The molecule has 3 unspecified atom stereocenters. The number of piperidine rings is 2. The number of rotatable bonds is 8. The minimum atomic E-state index is -3.55. The summed E-state index contributed by atoms with van der Waals surface area (Å²) in [6, 6.07) is 6.51. The number of esters is 1. The predicted octanol–water partition coefficient (Wildman–Crippen LogP) is 2.18. The largest absolute Gasteiger partial charge is 0.466 e. The number of likely N-dealkylation sites (tertiary alicyclic amines) is 2. The molecule has 1 aromatic carbocycles. The summed E-state index contributed by atoms with van der Waals surface area (Å²) < 4.78 is 33.1. The number of nitrogens with one attached hydrogen (secondary N) is 1. The first kappa shape index (κ1) is 25.6. The van der Waals surface area contributed by atoms with Crippen LogP contribution in [0, 0.1) is 18.8 Å². The van der Waals surface area contributed by atoms with Crippen molar-refractivity contribution in [2.45, 2.75) is 57.4 Å². The Kier molecular flexibility index (Phi) is 8.89. The van der Waals surface area contributed by atoms with Gasteiger partial charge in [0.2, 0.25) is 15.9 Å². The minimum absolute atomic E-state index is 0.0323. The van der Waals surface area contributed by atoms with Crippen LogP contribution < -0.4 is 4.72 Å². The van der Waals surface area contributed by atoms with Crippen LogP contribution in [0.1, 0.15) is 45.1 Å².